The average molecular weight is 270 g/mol. The van der Waals surface area contributed by atoms with E-state index in [1.54, 1.807) is 12.4 Å². The van der Waals surface area contributed by atoms with Gasteiger partial charge in [-0.1, -0.05) is 30.3 Å². The Morgan fingerprint density at radius 2 is 1.90 bits per heavy atom. The molecule has 0 atom stereocenters. The van der Waals surface area contributed by atoms with Gasteiger partial charge in [-0.05, 0) is 5.56 Å². The van der Waals surface area contributed by atoms with Crippen molar-refractivity contribution >= 4 is 5.95 Å². The van der Waals surface area contributed by atoms with Crippen molar-refractivity contribution in [2.24, 2.45) is 5.84 Å². The lowest BCUT2D eigenvalue weighted by Gasteiger charge is -2.03. The van der Waals surface area contributed by atoms with Crippen molar-refractivity contribution in [1.82, 2.24) is 19.7 Å². The Bertz CT molecular complexity index is 725. The number of aromatic nitrogens is 4. The Hall–Kier alpha value is -2.80. The summed E-state index contributed by atoms with van der Waals surface area (Å²) in [6.07, 6.45) is 4.38. The fraction of sp³-hybridized carbons (Fsp3) is 0. The first-order valence-electron chi connectivity index (χ1n) is 5.87. The van der Waals surface area contributed by atoms with E-state index in [1.807, 2.05) is 30.3 Å². The zero-order valence-corrected chi connectivity index (χ0v) is 10.4. The number of halogens is 1. The van der Waals surface area contributed by atoms with Crippen molar-refractivity contribution in [3.8, 4) is 16.9 Å². The van der Waals surface area contributed by atoms with Crippen LogP contribution in [-0.2, 0) is 0 Å². The van der Waals surface area contributed by atoms with Crippen molar-refractivity contribution < 1.29 is 4.39 Å². The molecule has 20 heavy (non-hydrogen) atoms. The van der Waals surface area contributed by atoms with Crippen LogP contribution in [0.2, 0.25) is 0 Å². The van der Waals surface area contributed by atoms with E-state index < -0.39 is 5.82 Å². The van der Waals surface area contributed by atoms with Crippen molar-refractivity contribution in [3.63, 3.8) is 0 Å². The highest BCUT2D eigenvalue weighted by molar-refractivity contribution is 5.61. The van der Waals surface area contributed by atoms with E-state index in [9.17, 15) is 4.39 Å². The predicted molar refractivity (Wildman–Crippen MR) is 72.4 cm³/mol. The molecule has 3 aromatic rings. The monoisotopic (exact) mass is 270 g/mol. The van der Waals surface area contributed by atoms with Gasteiger partial charge in [0.25, 0.3) is 0 Å². The molecule has 7 heteroatoms. The molecule has 0 saturated heterocycles. The fourth-order valence-corrected chi connectivity index (χ4v) is 1.81. The molecule has 3 rings (SSSR count). The summed E-state index contributed by atoms with van der Waals surface area (Å²) in [6.45, 7) is 0. The van der Waals surface area contributed by atoms with Crippen LogP contribution < -0.4 is 11.3 Å². The molecule has 0 amide bonds. The summed E-state index contributed by atoms with van der Waals surface area (Å²) in [5.41, 5.74) is 4.13. The van der Waals surface area contributed by atoms with E-state index in [-0.39, 0.29) is 11.8 Å². The van der Waals surface area contributed by atoms with E-state index in [0.717, 1.165) is 17.3 Å². The molecule has 0 aliphatic heterocycles. The minimum Gasteiger partial charge on any atom is -0.292 e. The lowest BCUT2D eigenvalue weighted by Crippen LogP contribution is -2.13. The van der Waals surface area contributed by atoms with Gasteiger partial charge in [-0.2, -0.15) is 10.1 Å². The normalized spacial score (nSPS) is 10.5. The topological polar surface area (TPSA) is 81.6 Å². The molecule has 6 nitrogen and oxygen atoms in total. The number of hydrogen-bond donors (Lipinski definition) is 2. The summed E-state index contributed by atoms with van der Waals surface area (Å²) in [5.74, 6) is 4.80. The zero-order valence-electron chi connectivity index (χ0n) is 10.4. The number of nitrogens with one attached hydrogen (secondary N) is 1. The lowest BCUT2D eigenvalue weighted by molar-refractivity contribution is 0.593. The van der Waals surface area contributed by atoms with Crippen LogP contribution in [0.1, 0.15) is 0 Å². The van der Waals surface area contributed by atoms with Crippen molar-refractivity contribution in [3.05, 3.63) is 54.7 Å². The summed E-state index contributed by atoms with van der Waals surface area (Å²) >= 11 is 0. The average Bonchev–Trinajstić information content (AvgIpc) is 2.98. The van der Waals surface area contributed by atoms with Crippen LogP contribution in [0.15, 0.2) is 48.9 Å². The Labute approximate surface area is 114 Å². The third-order valence-electron chi connectivity index (χ3n) is 2.76. The first-order valence-corrected chi connectivity index (χ1v) is 5.87. The van der Waals surface area contributed by atoms with Crippen LogP contribution in [0.3, 0.4) is 0 Å². The summed E-state index contributed by atoms with van der Waals surface area (Å²) in [5, 5.41) is 4.12. The minimum atomic E-state index is -0.577. The molecule has 0 aliphatic rings. The summed E-state index contributed by atoms with van der Waals surface area (Å²) < 4.78 is 15.1. The molecule has 100 valence electrons. The number of nitrogens with two attached hydrogens (primary N) is 1. The van der Waals surface area contributed by atoms with E-state index >= 15 is 0 Å². The van der Waals surface area contributed by atoms with Gasteiger partial charge in [-0.15, -0.1) is 0 Å². The van der Waals surface area contributed by atoms with Gasteiger partial charge in [-0.25, -0.2) is 19.9 Å². The molecule has 1 aromatic carbocycles. The molecule has 0 unspecified atom stereocenters. The highest BCUT2D eigenvalue weighted by atomic mass is 19.1. The fourth-order valence-electron chi connectivity index (χ4n) is 1.81. The first kappa shape index (κ1) is 12.2. The Kier molecular flexibility index (Phi) is 3.10. The maximum Gasteiger partial charge on any atom is 0.239 e. The van der Waals surface area contributed by atoms with Crippen LogP contribution in [0.5, 0.6) is 0 Å². The molecule has 0 radical (unpaired) electrons. The Morgan fingerprint density at radius 3 is 2.65 bits per heavy atom. The van der Waals surface area contributed by atoms with Crippen LogP contribution in [0.25, 0.3) is 16.9 Å². The molecular weight excluding hydrogens is 259 g/mol. The number of rotatable bonds is 3. The lowest BCUT2D eigenvalue weighted by atomic mass is 10.1. The number of hydrogen-bond acceptors (Lipinski definition) is 5. The number of anilines is 1. The molecular formula is C13H11FN6. The van der Waals surface area contributed by atoms with Crippen LogP contribution in [0, 0.1) is 5.82 Å². The van der Waals surface area contributed by atoms with Gasteiger partial charge in [0.1, 0.15) is 0 Å². The number of hydrazine groups is 1. The van der Waals surface area contributed by atoms with E-state index in [0.29, 0.717) is 0 Å². The summed E-state index contributed by atoms with van der Waals surface area (Å²) in [6, 6.07) is 9.68. The second-order valence-electron chi connectivity index (χ2n) is 4.05. The second kappa shape index (κ2) is 5.06. The smallest absolute Gasteiger partial charge is 0.239 e. The molecule has 2 heterocycles. The van der Waals surface area contributed by atoms with Gasteiger partial charge in [0.05, 0.1) is 12.4 Å². The quantitative estimate of drug-likeness (QED) is 0.559. The highest BCUT2D eigenvalue weighted by Gasteiger charge is 2.11. The molecule has 0 spiro atoms. The van der Waals surface area contributed by atoms with Gasteiger partial charge in [0.2, 0.25) is 5.95 Å². The van der Waals surface area contributed by atoms with Crippen molar-refractivity contribution in [1.29, 1.82) is 0 Å². The number of nitrogen functional groups attached to an aromatic ring is 1. The third kappa shape index (κ3) is 2.21. The highest BCUT2D eigenvalue weighted by Crippen LogP contribution is 2.20. The SMILES string of the molecule is NNc1ncc(F)c(-n2cc(-c3ccccc3)cn2)n1. The first-order chi connectivity index (χ1) is 9.78. The van der Waals surface area contributed by atoms with Gasteiger partial charge in [-0.3, -0.25) is 5.43 Å². The third-order valence-corrected chi connectivity index (χ3v) is 2.76. The molecule has 0 fully saturated rings. The van der Waals surface area contributed by atoms with E-state index in [1.165, 1.54) is 4.68 Å². The predicted octanol–water partition coefficient (Wildman–Crippen LogP) is 1.75. The standard InChI is InChI=1S/C13H11FN6/c14-11-7-16-13(19-15)18-12(11)20-8-10(6-17-20)9-4-2-1-3-5-9/h1-8H,15H2,(H,16,18,19). The van der Waals surface area contributed by atoms with Gasteiger partial charge >= 0.3 is 0 Å². The summed E-state index contributed by atoms with van der Waals surface area (Å²) in [4.78, 5) is 7.63. The second-order valence-corrected chi connectivity index (χ2v) is 4.05. The molecule has 0 aliphatic carbocycles. The minimum absolute atomic E-state index is 0.0372. The van der Waals surface area contributed by atoms with Crippen LogP contribution in [0.4, 0.5) is 10.3 Å². The number of benzene rings is 1. The van der Waals surface area contributed by atoms with E-state index in [4.69, 9.17) is 5.84 Å². The largest absolute Gasteiger partial charge is 0.292 e. The van der Waals surface area contributed by atoms with Crippen LogP contribution in [-0.4, -0.2) is 19.7 Å². The van der Waals surface area contributed by atoms with Gasteiger partial charge < -0.3 is 0 Å². The maximum absolute atomic E-state index is 13.7. The Morgan fingerprint density at radius 1 is 1.10 bits per heavy atom. The number of nitrogens with zero attached hydrogens (tertiary/aromatic N) is 4. The molecule has 0 saturated carbocycles. The van der Waals surface area contributed by atoms with Crippen molar-refractivity contribution in [2.45, 2.75) is 0 Å². The Balaban J connectivity index is 2.02. The molecule has 3 N–H and O–H groups in total. The van der Waals surface area contributed by atoms with E-state index in [2.05, 4.69) is 20.5 Å². The van der Waals surface area contributed by atoms with Crippen molar-refractivity contribution in [2.75, 3.05) is 5.43 Å². The molecule has 2 aromatic heterocycles. The summed E-state index contributed by atoms with van der Waals surface area (Å²) in [7, 11) is 0. The van der Waals surface area contributed by atoms with Gasteiger partial charge in [0.15, 0.2) is 11.6 Å². The molecule has 0 bridgehead atoms. The zero-order chi connectivity index (χ0) is 13.9. The van der Waals surface area contributed by atoms with Gasteiger partial charge in [0, 0.05) is 11.8 Å². The van der Waals surface area contributed by atoms with Crippen LogP contribution >= 0.6 is 0 Å². The maximum atomic E-state index is 13.7.